The molecule has 0 spiro atoms. The SMILES string of the molecule is COc1ccc(C(O)(C[C@@H](CO)N(Cc2ccccc2)Cc2ccccc2)c2ccc(OC)cc2)cc1. The zero-order chi connectivity index (χ0) is 26.1. The monoisotopic (exact) mass is 497 g/mol. The van der Waals surface area contributed by atoms with Crippen LogP contribution in [-0.4, -0.2) is 42.0 Å². The number of rotatable bonds is 12. The number of methoxy groups -OCH3 is 2. The lowest BCUT2D eigenvalue weighted by atomic mass is 9.80. The molecule has 0 aliphatic heterocycles. The number of hydrogen-bond donors (Lipinski definition) is 2. The van der Waals surface area contributed by atoms with Crippen LogP contribution in [0.3, 0.4) is 0 Å². The Labute approximate surface area is 219 Å². The lowest BCUT2D eigenvalue weighted by molar-refractivity contribution is 0.00931. The normalized spacial score (nSPS) is 12.4. The molecule has 0 aliphatic carbocycles. The van der Waals surface area contributed by atoms with E-state index in [1.165, 1.54) is 0 Å². The molecule has 4 rings (SSSR count). The van der Waals surface area contributed by atoms with Crippen LogP contribution in [0.25, 0.3) is 0 Å². The minimum absolute atomic E-state index is 0.103. The quantitative estimate of drug-likeness (QED) is 0.275. The summed E-state index contributed by atoms with van der Waals surface area (Å²) >= 11 is 0. The first-order valence-electron chi connectivity index (χ1n) is 12.5. The summed E-state index contributed by atoms with van der Waals surface area (Å²) in [7, 11) is 3.25. The van der Waals surface area contributed by atoms with Crippen molar-refractivity contribution in [2.24, 2.45) is 0 Å². The zero-order valence-electron chi connectivity index (χ0n) is 21.5. The van der Waals surface area contributed by atoms with Crippen LogP contribution >= 0.6 is 0 Å². The largest absolute Gasteiger partial charge is 0.497 e. The Hall–Kier alpha value is -3.64. The van der Waals surface area contributed by atoms with Gasteiger partial charge in [-0.2, -0.15) is 0 Å². The molecule has 37 heavy (non-hydrogen) atoms. The van der Waals surface area contributed by atoms with E-state index in [4.69, 9.17) is 9.47 Å². The van der Waals surface area contributed by atoms with Gasteiger partial charge in [0.1, 0.15) is 17.1 Å². The van der Waals surface area contributed by atoms with Gasteiger partial charge in [0.15, 0.2) is 0 Å². The predicted octanol–water partition coefficient (Wildman–Crippen LogP) is 5.39. The van der Waals surface area contributed by atoms with E-state index in [1.54, 1.807) is 14.2 Å². The molecule has 0 aromatic heterocycles. The van der Waals surface area contributed by atoms with Gasteiger partial charge in [-0.25, -0.2) is 0 Å². The number of aliphatic hydroxyl groups is 2. The summed E-state index contributed by atoms with van der Waals surface area (Å²) in [6.45, 7) is 1.18. The molecule has 0 saturated carbocycles. The molecular formula is C32H35NO4. The fraction of sp³-hybridized carbons (Fsp3) is 0.250. The predicted molar refractivity (Wildman–Crippen MR) is 147 cm³/mol. The Morgan fingerprint density at radius 3 is 1.41 bits per heavy atom. The van der Waals surface area contributed by atoms with Crippen molar-refractivity contribution in [2.45, 2.75) is 31.2 Å². The molecule has 0 saturated heterocycles. The minimum atomic E-state index is -1.35. The smallest absolute Gasteiger partial charge is 0.118 e. The van der Waals surface area contributed by atoms with E-state index < -0.39 is 5.60 Å². The number of aliphatic hydroxyl groups excluding tert-OH is 1. The van der Waals surface area contributed by atoms with Crippen molar-refractivity contribution in [3.8, 4) is 11.5 Å². The van der Waals surface area contributed by atoms with Crippen LogP contribution < -0.4 is 9.47 Å². The molecule has 4 aromatic rings. The molecule has 4 aromatic carbocycles. The second kappa shape index (κ2) is 12.5. The summed E-state index contributed by atoms with van der Waals surface area (Å²) in [5.41, 5.74) is 2.41. The van der Waals surface area contributed by atoms with Gasteiger partial charge in [-0.1, -0.05) is 84.9 Å². The summed E-state index contributed by atoms with van der Waals surface area (Å²) in [4.78, 5) is 2.24. The van der Waals surface area contributed by atoms with Gasteiger partial charge in [-0.15, -0.1) is 0 Å². The van der Waals surface area contributed by atoms with Crippen LogP contribution in [0.2, 0.25) is 0 Å². The second-order valence-corrected chi connectivity index (χ2v) is 9.23. The Bertz CT molecular complexity index is 1120. The van der Waals surface area contributed by atoms with E-state index in [-0.39, 0.29) is 12.6 Å². The third-order valence-electron chi connectivity index (χ3n) is 6.85. The van der Waals surface area contributed by atoms with E-state index in [0.29, 0.717) is 31.0 Å². The maximum absolute atomic E-state index is 12.3. The van der Waals surface area contributed by atoms with Crippen LogP contribution in [0.4, 0.5) is 0 Å². The number of nitrogens with zero attached hydrogens (tertiary/aromatic N) is 1. The number of benzene rings is 4. The van der Waals surface area contributed by atoms with Crippen LogP contribution in [0.15, 0.2) is 109 Å². The fourth-order valence-corrected chi connectivity index (χ4v) is 4.74. The highest BCUT2D eigenvalue weighted by molar-refractivity contribution is 5.41. The summed E-state index contributed by atoms with van der Waals surface area (Å²) in [5, 5.41) is 23.0. The highest BCUT2D eigenvalue weighted by atomic mass is 16.5. The molecule has 2 N–H and O–H groups in total. The number of hydrogen-bond acceptors (Lipinski definition) is 5. The Morgan fingerprint density at radius 1 is 0.649 bits per heavy atom. The molecule has 5 heteroatoms. The van der Waals surface area contributed by atoms with E-state index >= 15 is 0 Å². The molecule has 0 bridgehead atoms. The number of ether oxygens (including phenoxy) is 2. The molecule has 0 heterocycles. The fourth-order valence-electron chi connectivity index (χ4n) is 4.74. The van der Waals surface area contributed by atoms with Gasteiger partial charge in [0.05, 0.1) is 20.8 Å². The summed E-state index contributed by atoms with van der Waals surface area (Å²) in [6.07, 6.45) is 0.293. The van der Waals surface area contributed by atoms with Gasteiger partial charge in [0.2, 0.25) is 0 Å². The molecular weight excluding hydrogens is 462 g/mol. The van der Waals surface area contributed by atoms with Crippen LogP contribution in [0.5, 0.6) is 11.5 Å². The lowest BCUT2D eigenvalue weighted by Gasteiger charge is -2.38. The maximum atomic E-state index is 12.3. The molecule has 0 unspecified atom stereocenters. The minimum Gasteiger partial charge on any atom is -0.497 e. The summed E-state index contributed by atoms with van der Waals surface area (Å²) in [5.74, 6) is 1.43. The van der Waals surface area contributed by atoms with Crippen molar-refractivity contribution in [2.75, 3.05) is 20.8 Å². The van der Waals surface area contributed by atoms with Crippen molar-refractivity contribution in [1.82, 2.24) is 4.90 Å². The van der Waals surface area contributed by atoms with E-state index in [2.05, 4.69) is 29.2 Å². The first-order valence-corrected chi connectivity index (χ1v) is 12.5. The van der Waals surface area contributed by atoms with Gasteiger partial charge in [-0.05, 0) is 46.5 Å². The molecule has 1 atom stereocenters. The summed E-state index contributed by atoms with van der Waals surface area (Å²) < 4.78 is 10.7. The molecule has 0 radical (unpaired) electrons. The van der Waals surface area contributed by atoms with E-state index in [1.807, 2.05) is 84.9 Å². The highest BCUT2D eigenvalue weighted by Crippen LogP contribution is 2.37. The van der Waals surface area contributed by atoms with Gasteiger partial charge >= 0.3 is 0 Å². The van der Waals surface area contributed by atoms with Crippen LogP contribution in [-0.2, 0) is 18.7 Å². The molecule has 5 nitrogen and oxygen atoms in total. The van der Waals surface area contributed by atoms with Gasteiger partial charge in [0.25, 0.3) is 0 Å². The standard InChI is InChI=1S/C32H35NO4/c1-36-30-17-13-27(14-18-30)32(35,28-15-19-31(37-2)20-16-28)21-29(24-34)33(22-25-9-5-3-6-10-25)23-26-11-7-4-8-12-26/h3-20,29,34-35H,21-24H2,1-2H3/t29-/m0/s1. The van der Waals surface area contributed by atoms with Crippen molar-refractivity contribution >= 4 is 0 Å². The van der Waals surface area contributed by atoms with Crippen LogP contribution in [0, 0.1) is 0 Å². The van der Waals surface area contributed by atoms with Crippen molar-refractivity contribution in [3.63, 3.8) is 0 Å². The molecule has 0 fully saturated rings. The average Bonchev–Trinajstić information content (AvgIpc) is 2.96. The van der Waals surface area contributed by atoms with Gasteiger partial charge in [-0.3, -0.25) is 4.90 Å². The van der Waals surface area contributed by atoms with Crippen molar-refractivity contribution in [1.29, 1.82) is 0 Å². The third kappa shape index (κ3) is 6.57. The van der Waals surface area contributed by atoms with Gasteiger partial charge < -0.3 is 19.7 Å². The first kappa shape index (κ1) is 26.4. The molecule has 192 valence electrons. The first-order chi connectivity index (χ1) is 18.1. The molecule has 0 aliphatic rings. The third-order valence-corrected chi connectivity index (χ3v) is 6.85. The Kier molecular flexibility index (Phi) is 8.96. The van der Waals surface area contributed by atoms with E-state index in [9.17, 15) is 10.2 Å². The Morgan fingerprint density at radius 2 is 1.05 bits per heavy atom. The van der Waals surface area contributed by atoms with Gasteiger partial charge in [0, 0.05) is 25.6 Å². The summed E-state index contributed by atoms with van der Waals surface area (Å²) in [6, 6.07) is 35.1. The maximum Gasteiger partial charge on any atom is 0.118 e. The topological polar surface area (TPSA) is 62.2 Å². The second-order valence-electron chi connectivity index (χ2n) is 9.23. The average molecular weight is 498 g/mol. The Balaban J connectivity index is 1.72. The lowest BCUT2D eigenvalue weighted by Crippen LogP contribution is -2.43. The van der Waals surface area contributed by atoms with Crippen LogP contribution in [0.1, 0.15) is 28.7 Å². The van der Waals surface area contributed by atoms with Crippen molar-refractivity contribution < 1.29 is 19.7 Å². The van der Waals surface area contributed by atoms with E-state index in [0.717, 1.165) is 22.3 Å². The van der Waals surface area contributed by atoms with Crippen molar-refractivity contribution in [3.05, 3.63) is 131 Å². The highest BCUT2D eigenvalue weighted by Gasteiger charge is 2.36. The molecule has 0 amide bonds. The zero-order valence-corrected chi connectivity index (χ0v) is 21.5.